The number of amides is 1. The van der Waals surface area contributed by atoms with Crippen LogP contribution in [0.3, 0.4) is 0 Å². The summed E-state index contributed by atoms with van der Waals surface area (Å²) in [4.78, 5) is 38.1. The number of likely N-dealkylation sites (N-methyl/N-ethyl adjacent to an activating group) is 1. The van der Waals surface area contributed by atoms with Gasteiger partial charge in [-0.25, -0.2) is 4.79 Å². The summed E-state index contributed by atoms with van der Waals surface area (Å²) in [5, 5.41) is 40.9. The molecule has 0 radical (unpaired) electrons. The van der Waals surface area contributed by atoms with Crippen LogP contribution < -0.4 is 30.2 Å². The van der Waals surface area contributed by atoms with Crippen LogP contribution in [0, 0.1) is 10.1 Å². The Hall–Kier alpha value is -7.36. The molecule has 16 heteroatoms. The number of benzene rings is 5. The Balaban J connectivity index is 1.18. The topological polar surface area (TPSA) is 216 Å². The highest BCUT2D eigenvalue weighted by Gasteiger charge is 2.16. The molecule has 5 rings (SSSR count). The fraction of sp³-hybridized carbons (Fsp3) is 0.333. The van der Waals surface area contributed by atoms with Crippen LogP contribution >= 0.6 is 0 Å². The lowest BCUT2D eigenvalue weighted by Crippen LogP contribution is -2.28. The van der Waals surface area contributed by atoms with Gasteiger partial charge in [0.2, 0.25) is 0 Å². The highest BCUT2D eigenvalue weighted by atomic mass is 16.6. The second-order valence-corrected chi connectivity index (χ2v) is 15.0. The van der Waals surface area contributed by atoms with Gasteiger partial charge in [-0.15, -0.1) is 10.2 Å². The molecule has 5 aromatic carbocycles. The van der Waals surface area contributed by atoms with E-state index in [9.17, 15) is 24.8 Å². The maximum Gasteiger partial charge on any atom is 0.335 e. The van der Waals surface area contributed by atoms with Gasteiger partial charge in [-0.2, -0.15) is 10.2 Å². The van der Waals surface area contributed by atoms with Gasteiger partial charge in [-0.05, 0) is 98.1 Å². The lowest BCUT2D eigenvalue weighted by Gasteiger charge is -2.23. The molecule has 5 aromatic rings. The largest absolute Gasteiger partial charge is 0.494 e. The normalized spacial score (nSPS) is 11.2. The summed E-state index contributed by atoms with van der Waals surface area (Å²) < 4.78 is 17.1. The molecule has 4 N–H and O–H groups in total. The maximum atomic E-state index is 13.4. The third-order valence-electron chi connectivity index (χ3n) is 10.3. The first kappa shape index (κ1) is 47.7. The predicted molar refractivity (Wildman–Crippen MR) is 249 cm³/mol. The Morgan fingerprint density at radius 2 is 1.31 bits per heavy atom. The molecule has 1 amide bonds. The Morgan fingerprint density at radius 1 is 0.734 bits per heavy atom. The zero-order valence-electron chi connectivity index (χ0n) is 36.8. The molecule has 0 atom stereocenters. The van der Waals surface area contributed by atoms with Crippen LogP contribution in [0.1, 0.15) is 91.5 Å². The Labute approximate surface area is 373 Å². The number of hydrogen-bond acceptors (Lipinski definition) is 13. The summed E-state index contributed by atoms with van der Waals surface area (Å²) >= 11 is 0. The van der Waals surface area contributed by atoms with E-state index in [1.807, 2.05) is 43.3 Å². The minimum absolute atomic E-state index is 0.0514. The van der Waals surface area contributed by atoms with Crippen molar-refractivity contribution in [1.82, 2.24) is 0 Å². The number of hydrogen-bond donors (Lipinski definition) is 3. The molecule has 0 fully saturated rings. The lowest BCUT2D eigenvalue weighted by molar-refractivity contribution is -0.384. The van der Waals surface area contributed by atoms with Gasteiger partial charge < -0.3 is 35.3 Å². The number of carbonyl (C=O) groups is 2. The highest BCUT2D eigenvalue weighted by molar-refractivity contribution is 6.06. The van der Waals surface area contributed by atoms with Crippen molar-refractivity contribution in [2.75, 3.05) is 49.9 Å². The van der Waals surface area contributed by atoms with Gasteiger partial charge in [0.25, 0.3) is 11.6 Å². The van der Waals surface area contributed by atoms with E-state index in [0.29, 0.717) is 58.7 Å². The second-order valence-electron chi connectivity index (χ2n) is 15.0. The molecular formula is C48H56N8O8. The number of carboxylic acid groups (broad SMARTS) is 1. The average Bonchev–Trinajstić information content (AvgIpc) is 3.29. The Bertz CT molecular complexity index is 2410. The first-order valence-electron chi connectivity index (χ1n) is 21.4. The molecule has 0 aliphatic heterocycles. The van der Waals surface area contributed by atoms with E-state index in [4.69, 9.17) is 19.9 Å². The molecule has 64 heavy (non-hydrogen) atoms. The molecule has 0 aliphatic carbocycles. The number of nitrogens with zero attached hydrogens (tertiary/aromatic N) is 6. The minimum Gasteiger partial charge on any atom is -0.494 e. The van der Waals surface area contributed by atoms with Gasteiger partial charge in [-0.1, -0.05) is 51.9 Å². The minimum atomic E-state index is -1.18. The van der Waals surface area contributed by atoms with E-state index in [-0.39, 0.29) is 29.2 Å². The third kappa shape index (κ3) is 14.4. The number of nitrogens with two attached hydrogens (primary N) is 1. The van der Waals surface area contributed by atoms with Crippen LogP contribution in [-0.4, -0.2) is 55.8 Å². The molecule has 0 unspecified atom stereocenters. The molecule has 0 aliphatic rings. The average molecular weight is 873 g/mol. The van der Waals surface area contributed by atoms with Crippen molar-refractivity contribution < 1.29 is 33.8 Å². The molecule has 0 bridgehead atoms. The second kappa shape index (κ2) is 24.3. The number of carbonyl (C=O) groups excluding carboxylic acids is 1. The van der Waals surface area contributed by atoms with Gasteiger partial charge in [0.05, 0.1) is 42.6 Å². The van der Waals surface area contributed by atoms with E-state index in [2.05, 4.69) is 37.6 Å². The van der Waals surface area contributed by atoms with Gasteiger partial charge in [-0.3, -0.25) is 14.9 Å². The fourth-order valence-electron chi connectivity index (χ4n) is 6.90. The van der Waals surface area contributed by atoms with Crippen molar-refractivity contribution in [3.63, 3.8) is 0 Å². The van der Waals surface area contributed by atoms with Crippen molar-refractivity contribution >= 4 is 57.4 Å². The van der Waals surface area contributed by atoms with E-state index < -0.39 is 16.8 Å². The maximum absolute atomic E-state index is 13.4. The summed E-state index contributed by atoms with van der Waals surface area (Å²) in [6.07, 6.45) is 10.6. The van der Waals surface area contributed by atoms with Crippen molar-refractivity contribution in [1.29, 1.82) is 0 Å². The molecule has 0 saturated heterocycles. The third-order valence-corrected chi connectivity index (χ3v) is 10.3. The van der Waals surface area contributed by atoms with Gasteiger partial charge in [0, 0.05) is 53.4 Å². The number of aryl methyl sites for hydroxylation is 1. The number of rotatable bonds is 25. The van der Waals surface area contributed by atoms with E-state index in [1.54, 1.807) is 18.2 Å². The van der Waals surface area contributed by atoms with Gasteiger partial charge in [0.1, 0.15) is 35.2 Å². The van der Waals surface area contributed by atoms with Gasteiger partial charge in [0.15, 0.2) is 0 Å². The molecule has 16 nitrogen and oxygen atoms in total. The summed E-state index contributed by atoms with van der Waals surface area (Å²) in [6.45, 7) is 5.55. The van der Waals surface area contributed by atoms with Crippen LogP contribution in [0.25, 0.3) is 0 Å². The van der Waals surface area contributed by atoms with Crippen molar-refractivity contribution in [2.24, 2.45) is 20.5 Å². The molecule has 336 valence electrons. The van der Waals surface area contributed by atoms with Gasteiger partial charge >= 0.3 is 5.97 Å². The number of nitrogen functional groups attached to an aromatic ring is 1. The Morgan fingerprint density at radius 3 is 1.88 bits per heavy atom. The summed E-state index contributed by atoms with van der Waals surface area (Å²) in [5.41, 5.74) is 11.0. The number of unbranched alkanes of at least 4 members (excludes halogenated alkanes) is 7. The number of azo groups is 2. The number of methoxy groups -OCH3 is 2. The van der Waals surface area contributed by atoms with Crippen molar-refractivity contribution in [2.45, 2.75) is 71.6 Å². The quantitative estimate of drug-likeness (QED) is 0.0166. The smallest absolute Gasteiger partial charge is 0.335 e. The number of carboxylic acids is 1. The molecule has 0 aromatic heterocycles. The number of anilines is 3. The highest BCUT2D eigenvalue weighted by Crippen LogP contribution is 2.41. The SMILES string of the molecule is CCCCCCCCCCc1cc(N)cc(NC(=O)c2cc(OCCN(CC)c3ccc(N=Nc4cc(OC)c(N=Nc5ccc([N+](=O)[O-])cc5)cc4OC)cc3)cc(C(=O)O)c2)c1. The van der Waals surface area contributed by atoms with Crippen LogP contribution in [0.4, 0.5) is 45.5 Å². The molecule has 0 spiro atoms. The number of ether oxygens (including phenoxy) is 3. The van der Waals surface area contributed by atoms with Crippen molar-refractivity contribution in [3.05, 3.63) is 124 Å². The van der Waals surface area contributed by atoms with E-state index in [0.717, 1.165) is 30.5 Å². The first-order chi connectivity index (χ1) is 31.0. The number of nitro groups is 1. The van der Waals surface area contributed by atoms with E-state index in [1.165, 1.54) is 95.2 Å². The van der Waals surface area contributed by atoms with Crippen molar-refractivity contribution in [3.8, 4) is 17.2 Å². The summed E-state index contributed by atoms with van der Waals surface area (Å²) in [7, 11) is 2.97. The summed E-state index contributed by atoms with van der Waals surface area (Å²) in [6, 6.07) is 26.2. The Kier molecular flexibility index (Phi) is 18.1. The monoisotopic (exact) mass is 872 g/mol. The number of aromatic carboxylic acids is 1. The fourth-order valence-corrected chi connectivity index (χ4v) is 6.90. The van der Waals surface area contributed by atoms with Crippen LogP contribution in [0.2, 0.25) is 0 Å². The zero-order valence-corrected chi connectivity index (χ0v) is 36.8. The predicted octanol–water partition coefficient (Wildman–Crippen LogP) is 12.6. The van der Waals surface area contributed by atoms with Crippen LogP contribution in [-0.2, 0) is 6.42 Å². The lowest BCUT2D eigenvalue weighted by atomic mass is 10.0. The summed E-state index contributed by atoms with van der Waals surface area (Å²) in [5.74, 6) is -0.658. The molecule has 0 saturated carbocycles. The van der Waals surface area contributed by atoms with Crippen LogP contribution in [0.15, 0.2) is 118 Å². The zero-order chi connectivity index (χ0) is 45.8. The van der Waals surface area contributed by atoms with E-state index >= 15 is 0 Å². The molecular weight excluding hydrogens is 817 g/mol. The number of nitro benzene ring substituents is 1. The number of nitrogens with one attached hydrogen (secondary N) is 1. The number of non-ortho nitro benzene ring substituents is 1. The standard InChI is InChI=1S/C48H56N8O8/c1-5-7-8-9-10-11-12-13-14-33-25-36(49)30-39(26-33)50-47(57)34-27-35(48(58)59)29-42(28-34)64-24-23-55(6-2)40-19-15-37(16-20-40)51-53-43-31-46(63-4)44(32-45(43)62-3)54-52-38-17-21-41(22-18-38)56(60)61/h15-22,25-32H,5-14,23-24,49H2,1-4H3,(H,50,57)(H,58,59). The molecule has 0 heterocycles. The van der Waals surface area contributed by atoms with Crippen LogP contribution in [0.5, 0.6) is 17.2 Å². The first-order valence-corrected chi connectivity index (χ1v) is 21.4.